The first-order chi connectivity index (χ1) is 9.06. The third-order valence-electron chi connectivity index (χ3n) is 3.23. The minimum atomic E-state index is -0.0327. The molecule has 104 valence electrons. The van der Waals surface area contributed by atoms with E-state index in [9.17, 15) is 0 Å². The maximum atomic E-state index is 5.91. The smallest absolute Gasteiger partial charge is 0.107 e. The summed E-state index contributed by atoms with van der Waals surface area (Å²) in [6.07, 6.45) is 0.995. The largest absolute Gasteiger partial charge is 0.389 e. The Hall–Kier alpha value is -0.780. The van der Waals surface area contributed by atoms with Crippen LogP contribution in [0.4, 0.5) is 5.69 Å². The molecule has 5 heteroatoms. The minimum absolute atomic E-state index is 0.0327. The summed E-state index contributed by atoms with van der Waals surface area (Å²) in [6, 6.07) is 6.15. The summed E-state index contributed by atoms with van der Waals surface area (Å²) in [6.45, 7) is 5.81. The molecule has 2 rings (SSSR count). The van der Waals surface area contributed by atoms with Crippen molar-refractivity contribution < 1.29 is 4.74 Å². The molecule has 0 bridgehead atoms. The third kappa shape index (κ3) is 3.41. The van der Waals surface area contributed by atoms with Gasteiger partial charge in [-0.15, -0.1) is 11.8 Å². The van der Waals surface area contributed by atoms with Crippen molar-refractivity contribution in [1.29, 1.82) is 0 Å². The molecule has 1 aromatic rings. The fraction of sp³-hybridized carbons (Fsp3) is 0.500. The number of rotatable bonds is 5. The van der Waals surface area contributed by atoms with E-state index in [1.54, 1.807) is 11.8 Å². The summed E-state index contributed by atoms with van der Waals surface area (Å²) < 4.78 is 5.48. The molecule has 3 N–H and O–H groups in total. The van der Waals surface area contributed by atoms with Crippen LogP contribution in [0.3, 0.4) is 0 Å². The molecule has 0 saturated carbocycles. The normalized spacial score (nSPS) is 22.4. The summed E-state index contributed by atoms with van der Waals surface area (Å²) in [5.41, 5.74) is 7.85. The molecular weight excluding hydrogens is 276 g/mol. The first kappa shape index (κ1) is 14.6. The Morgan fingerprint density at radius 2 is 2.37 bits per heavy atom. The molecular formula is C14H20N2OS2. The topological polar surface area (TPSA) is 47.3 Å². The van der Waals surface area contributed by atoms with Gasteiger partial charge in [-0.05, 0) is 31.2 Å². The van der Waals surface area contributed by atoms with Gasteiger partial charge in [-0.3, -0.25) is 0 Å². The maximum absolute atomic E-state index is 5.91. The number of ether oxygens (including phenoxy) is 1. The number of anilines is 1. The van der Waals surface area contributed by atoms with E-state index in [0.29, 0.717) is 4.99 Å². The fourth-order valence-electron chi connectivity index (χ4n) is 2.26. The van der Waals surface area contributed by atoms with Crippen LogP contribution in [0.2, 0.25) is 0 Å². The predicted molar refractivity (Wildman–Crippen MR) is 86.2 cm³/mol. The van der Waals surface area contributed by atoms with E-state index in [2.05, 4.69) is 25.2 Å². The van der Waals surface area contributed by atoms with Gasteiger partial charge >= 0.3 is 0 Å². The summed E-state index contributed by atoms with van der Waals surface area (Å²) in [7, 11) is 0. The number of hydrogen-bond donors (Lipinski definition) is 2. The summed E-state index contributed by atoms with van der Waals surface area (Å²) in [4.78, 5) is 1.59. The van der Waals surface area contributed by atoms with Crippen molar-refractivity contribution in [3.8, 4) is 0 Å². The van der Waals surface area contributed by atoms with Gasteiger partial charge in [0, 0.05) is 22.8 Å². The molecule has 1 aliphatic heterocycles. The molecule has 1 aromatic carbocycles. The lowest BCUT2D eigenvalue weighted by Crippen LogP contribution is -2.36. The highest BCUT2D eigenvalue weighted by atomic mass is 32.2. The molecule has 1 aliphatic rings. The van der Waals surface area contributed by atoms with E-state index < -0.39 is 0 Å². The average Bonchev–Trinajstić information content (AvgIpc) is 2.76. The van der Waals surface area contributed by atoms with Gasteiger partial charge in [0.05, 0.1) is 12.1 Å². The lowest BCUT2D eigenvalue weighted by Gasteiger charge is -2.27. The van der Waals surface area contributed by atoms with Crippen molar-refractivity contribution in [2.45, 2.75) is 30.7 Å². The standard InChI is InChI=1S/C14H20N2OS2/c1-3-19-11-6-4-5-10(12(11)13(15)18)16-14(2)7-8-17-9-14/h4-6,16H,3,7-9H2,1-2H3,(H2,15,18). The second-order valence-corrected chi connectivity index (χ2v) is 6.71. The molecule has 3 nitrogen and oxygen atoms in total. The van der Waals surface area contributed by atoms with Crippen LogP contribution in [0.1, 0.15) is 25.8 Å². The molecule has 0 aromatic heterocycles. The van der Waals surface area contributed by atoms with E-state index >= 15 is 0 Å². The number of hydrogen-bond acceptors (Lipinski definition) is 4. The van der Waals surface area contributed by atoms with Crippen LogP contribution >= 0.6 is 24.0 Å². The van der Waals surface area contributed by atoms with Gasteiger partial charge in [0.1, 0.15) is 4.99 Å². The van der Waals surface area contributed by atoms with Crippen LogP contribution < -0.4 is 11.1 Å². The Morgan fingerprint density at radius 3 is 2.95 bits per heavy atom. The molecule has 1 saturated heterocycles. The molecule has 0 spiro atoms. The highest BCUT2D eigenvalue weighted by molar-refractivity contribution is 7.99. The van der Waals surface area contributed by atoms with Crippen molar-refractivity contribution in [2.75, 3.05) is 24.3 Å². The molecule has 1 unspecified atom stereocenters. The zero-order chi connectivity index (χ0) is 13.9. The van der Waals surface area contributed by atoms with E-state index in [0.717, 1.165) is 41.5 Å². The Kier molecular flexibility index (Phi) is 4.71. The van der Waals surface area contributed by atoms with Gasteiger partial charge in [0.15, 0.2) is 0 Å². The summed E-state index contributed by atoms with van der Waals surface area (Å²) in [5.74, 6) is 0.999. The lowest BCUT2D eigenvalue weighted by molar-refractivity contribution is 0.185. The molecule has 1 fully saturated rings. The number of nitrogens with one attached hydrogen (secondary N) is 1. The Balaban J connectivity index is 2.33. The van der Waals surface area contributed by atoms with Crippen LogP contribution in [0, 0.1) is 0 Å². The lowest BCUT2D eigenvalue weighted by atomic mass is 10.0. The number of nitrogens with two attached hydrogens (primary N) is 1. The van der Waals surface area contributed by atoms with Gasteiger partial charge in [-0.25, -0.2) is 0 Å². The monoisotopic (exact) mass is 296 g/mol. The van der Waals surface area contributed by atoms with Gasteiger partial charge in [0.2, 0.25) is 0 Å². The average molecular weight is 296 g/mol. The number of benzene rings is 1. The van der Waals surface area contributed by atoms with Gasteiger partial charge in [-0.1, -0.05) is 25.2 Å². The summed E-state index contributed by atoms with van der Waals surface area (Å²) >= 11 is 6.98. The van der Waals surface area contributed by atoms with E-state index in [1.165, 1.54) is 0 Å². The molecule has 0 radical (unpaired) electrons. The zero-order valence-electron chi connectivity index (χ0n) is 11.4. The van der Waals surface area contributed by atoms with Gasteiger partial charge in [0.25, 0.3) is 0 Å². The van der Waals surface area contributed by atoms with Crippen LogP contribution in [-0.4, -0.2) is 29.5 Å². The highest BCUT2D eigenvalue weighted by Crippen LogP contribution is 2.32. The molecule has 1 atom stereocenters. The second-order valence-electron chi connectivity index (χ2n) is 4.96. The Labute approximate surface area is 124 Å². The van der Waals surface area contributed by atoms with E-state index in [1.807, 2.05) is 12.1 Å². The van der Waals surface area contributed by atoms with Crippen molar-refractivity contribution in [1.82, 2.24) is 0 Å². The van der Waals surface area contributed by atoms with Crippen LogP contribution in [0.15, 0.2) is 23.1 Å². The van der Waals surface area contributed by atoms with Crippen molar-refractivity contribution in [2.24, 2.45) is 5.73 Å². The Morgan fingerprint density at radius 1 is 1.58 bits per heavy atom. The van der Waals surface area contributed by atoms with Crippen LogP contribution in [0.25, 0.3) is 0 Å². The van der Waals surface area contributed by atoms with Gasteiger partial charge < -0.3 is 15.8 Å². The molecule has 1 heterocycles. The predicted octanol–water partition coefficient (Wildman–Crippen LogP) is 3.02. The SMILES string of the molecule is CCSc1cccc(NC2(C)CCOC2)c1C(N)=S. The molecule has 19 heavy (non-hydrogen) atoms. The van der Waals surface area contributed by atoms with Crippen LogP contribution in [-0.2, 0) is 4.74 Å². The highest BCUT2D eigenvalue weighted by Gasteiger charge is 2.30. The Bertz CT molecular complexity index is 471. The second kappa shape index (κ2) is 6.11. The zero-order valence-corrected chi connectivity index (χ0v) is 13.0. The maximum Gasteiger partial charge on any atom is 0.107 e. The minimum Gasteiger partial charge on any atom is -0.389 e. The number of thioether (sulfide) groups is 1. The molecule has 0 aliphatic carbocycles. The quantitative estimate of drug-likeness (QED) is 0.646. The van der Waals surface area contributed by atoms with E-state index in [-0.39, 0.29) is 5.54 Å². The fourth-order valence-corrected chi connectivity index (χ4v) is 3.39. The first-order valence-corrected chi connectivity index (χ1v) is 7.87. The summed E-state index contributed by atoms with van der Waals surface area (Å²) in [5, 5.41) is 3.56. The first-order valence-electron chi connectivity index (χ1n) is 6.47. The molecule has 0 amide bonds. The number of thiocarbonyl (C=S) groups is 1. The van der Waals surface area contributed by atoms with Crippen molar-refractivity contribution in [3.05, 3.63) is 23.8 Å². The van der Waals surface area contributed by atoms with Crippen molar-refractivity contribution >= 4 is 34.7 Å². The van der Waals surface area contributed by atoms with Crippen molar-refractivity contribution in [3.63, 3.8) is 0 Å². The third-order valence-corrected chi connectivity index (χ3v) is 4.37. The van der Waals surface area contributed by atoms with E-state index in [4.69, 9.17) is 22.7 Å². The van der Waals surface area contributed by atoms with Gasteiger partial charge in [-0.2, -0.15) is 0 Å². The van der Waals surface area contributed by atoms with Crippen LogP contribution in [0.5, 0.6) is 0 Å².